The van der Waals surface area contributed by atoms with E-state index in [-0.39, 0.29) is 92.4 Å². The Kier molecular flexibility index (Phi) is 259. The van der Waals surface area contributed by atoms with Gasteiger partial charge >= 0.3 is 0 Å². The maximum Gasteiger partial charge on any atom is 0 e. The van der Waals surface area contributed by atoms with E-state index in [2.05, 4.69) is 0 Å². The van der Waals surface area contributed by atoms with Crippen LogP contribution in [0.1, 0.15) is 0 Å². The molecule has 0 atom stereocenters. The zero-order valence-corrected chi connectivity index (χ0v) is 8.18. The standard InChI is InChI=1S/Ag.Au.Cu.Fe.S. The molecule has 0 spiro atoms. The van der Waals surface area contributed by atoms with Gasteiger partial charge in [0.25, 0.3) is 0 Å². The molecule has 0 aliphatic carbocycles. The predicted molar refractivity (Wildman–Crippen MR) is 7.59 cm³/mol. The average Bonchev–Trinajstić information content (AvgIpc) is 0. The van der Waals surface area contributed by atoms with Gasteiger partial charge in [-0.15, -0.1) is 0 Å². The van der Waals surface area contributed by atoms with Crippen LogP contribution in [0.3, 0.4) is 0 Å². The Balaban J connectivity index is 0. The van der Waals surface area contributed by atoms with Crippen molar-refractivity contribution < 1.29 is 78.9 Å². The summed E-state index contributed by atoms with van der Waals surface area (Å²) in [5, 5.41) is 0. The van der Waals surface area contributed by atoms with Crippen LogP contribution in [0.5, 0.6) is 0 Å². The minimum absolute atomic E-state index is 0. The van der Waals surface area contributed by atoms with E-state index in [0.717, 1.165) is 0 Å². The quantitative estimate of drug-likeness (QED) is 0.470. The third-order valence-corrected chi connectivity index (χ3v) is 0. The summed E-state index contributed by atoms with van der Waals surface area (Å²) in [5.74, 6) is 0. The zero-order chi connectivity index (χ0) is 0. The second-order valence-corrected chi connectivity index (χ2v) is 0. The van der Waals surface area contributed by atoms with Crippen molar-refractivity contribution in [1.82, 2.24) is 0 Å². The molecule has 5 radical (unpaired) electrons. The van der Waals surface area contributed by atoms with Crippen LogP contribution >= 0.6 is 13.5 Å². The molecule has 0 saturated carbocycles. The normalized spacial score (nSPS) is 0. The fourth-order valence-electron chi connectivity index (χ4n) is 0. The molecule has 0 aromatic heterocycles. The van der Waals surface area contributed by atoms with Crippen LogP contribution in [0.2, 0.25) is 0 Å². The van der Waals surface area contributed by atoms with E-state index < -0.39 is 0 Å². The molecule has 0 aromatic carbocycles. The third kappa shape index (κ3) is 19.8. The smallest absolute Gasteiger partial charge is 0 e. The summed E-state index contributed by atoms with van der Waals surface area (Å²) in [6.45, 7) is 0. The van der Waals surface area contributed by atoms with Gasteiger partial charge in [-0.05, 0) is 0 Å². The van der Waals surface area contributed by atoms with E-state index in [1.165, 1.54) is 0 Å². The van der Waals surface area contributed by atoms with E-state index in [1.807, 2.05) is 0 Å². The van der Waals surface area contributed by atoms with Gasteiger partial charge in [-0.25, -0.2) is 0 Å². The Bertz CT molecular complexity index is 11.6. The Morgan fingerprint density at radius 1 is 1.00 bits per heavy atom. The van der Waals surface area contributed by atoms with E-state index in [4.69, 9.17) is 0 Å². The van der Waals surface area contributed by atoms with Crippen LogP contribution in [0.15, 0.2) is 0 Å². The molecule has 0 rings (SSSR count). The zero-order valence-electron chi connectivity index (χ0n) is 1.67. The van der Waals surface area contributed by atoms with Crippen molar-refractivity contribution in [1.29, 1.82) is 0 Å². The van der Waals surface area contributed by atoms with E-state index in [0.29, 0.717) is 0 Å². The van der Waals surface area contributed by atoms with Gasteiger partial charge < -0.3 is 0 Å². The Labute approximate surface area is 91.0 Å². The Morgan fingerprint density at radius 2 is 1.00 bits per heavy atom. The molecular weight excluding hydrogens is 456 g/mol. The maximum atomic E-state index is 0. The molecule has 0 amide bonds. The first kappa shape index (κ1) is 45.1. The SMILES string of the molecule is [Ag].[Au].[Cu].[Fe].[S]. The molecule has 5 heavy (non-hydrogen) atoms. The van der Waals surface area contributed by atoms with Gasteiger partial charge in [0, 0.05) is 92.4 Å². The molecule has 0 aliphatic rings. The summed E-state index contributed by atoms with van der Waals surface area (Å²) < 4.78 is 0. The summed E-state index contributed by atoms with van der Waals surface area (Å²) in [4.78, 5) is 0. The molecule has 0 nitrogen and oxygen atoms in total. The molecule has 47 valence electrons. The van der Waals surface area contributed by atoms with Gasteiger partial charge in [0.05, 0.1) is 0 Å². The topological polar surface area (TPSA) is 0 Å². The molecule has 0 saturated heterocycles. The monoisotopic (exact) mass is 455 g/mol. The molecule has 0 unspecified atom stereocenters. The molecule has 0 bridgehead atoms. The minimum atomic E-state index is 0. The fraction of sp³-hybridized carbons (Fsp3) is 0. The van der Waals surface area contributed by atoms with E-state index in [1.54, 1.807) is 0 Å². The van der Waals surface area contributed by atoms with Crippen LogP contribution in [0.4, 0.5) is 0 Å². The number of hydrogen-bond donors (Lipinski definition) is 0. The van der Waals surface area contributed by atoms with E-state index in [9.17, 15) is 0 Å². The summed E-state index contributed by atoms with van der Waals surface area (Å²) >= 11 is 0. The van der Waals surface area contributed by atoms with Crippen molar-refractivity contribution in [3.8, 4) is 0 Å². The van der Waals surface area contributed by atoms with Crippen molar-refractivity contribution in [2.75, 3.05) is 0 Å². The van der Waals surface area contributed by atoms with Crippen molar-refractivity contribution in [2.45, 2.75) is 0 Å². The first-order chi connectivity index (χ1) is 0. The average molecular weight is 456 g/mol. The van der Waals surface area contributed by atoms with Crippen molar-refractivity contribution in [2.24, 2.45) is 0 Å². The third-order valence-electron chi connectivity index (χ3n) is 0. The van der Waals surface area contributed by atoms with Crippen LogP contribution in [0.25, 0.3) is 0 Å². The van der Waals surface area contributed by atoms with Crippen LogP contribution in [-0.4, -0.2) is 0 Å². The molecule has 0 heterocycles. The number of hydrogen-bond acceptors (Lipinski definition) is 0. The molecular formula is AgAuCuFeS. The van der Waals surface area contributed by atoms with Gasteiger partial charge in [0.15, 0.2) is 0 Å². The second-order valence-electron chi connectivity index (χ2n) is 0. The molecule has 0 fully saturated rings. The van der Waals surface area contributed by atoms with Gasteiger partial charge in [-0.3, -0.25) is 0 Å². The first-order valence-corrected chi connectivity index (χ1v) is 0. The van der Waals surface area contributed by atoms with Crippen LogP contribution in [-0.2, 0) is 78.9 Å². The number of rotatable bonds is 0. The van der Waals surface area contributed by atoms with Gasteiger partial charge in [-0.1, -0.05) is 0 Å². The largest absolute Gasteiger partial charge is 0 e. The van der Waals surface area contributed by atoms with Crippen molar-refractivity contribution in [3.05, 3.63) is 0 Å². The van der Waals surface area contributed by atoms with Gasteiger partial charge in [0.1, 0.15) is 0 Å². The second kappa shape index (κ2) is 28.7. The van der Waals surface area contributed by atoms with Crippen LogP contribution < -0.4 is 0 Å². The minimum Gasteiger partial charge on any atom is 0 e. The summed E-state index contributed by atoms with van der Waals surface area (Å²) in [6.07, 6.45) is 0. The summed E-state index contributed by atoms with van der Waals surface area (Å²) in [7, 11) is 0. The maximum absolute atomic E-state index is 0. The van der Waals surface area contributed by atoms with Crippen LogP contribution in [0, 0.1) is 0 Å². The van der Waals surface area contributed by atoms with Crippen molar-refractivity contribution in [3.63, 3.8) is 0 Å². The Morgan fingerprint density at radius 3 is 1.00 bits per heavy atom. The molecule has 0 N–H and O–H groups in total. The molecule has 0 aromatic rings. The van der Waals surface area contributed by atoms with Crippen molar-refractivity contribution >= 4 is 13.5 Å². The molecule has 5 heteroatoms. The van der Waals surface area contributed by atoms with Gasteiger partial charge in [0.2, 0.25) is 0 Å². The Hall–Kier alpha value is 2.87. The summed E-state index contributed by atoms with van der Waals surface area (Å²) in [6, 6.07) is 0. The summed E-state index contributed by atoms with van der Waals surface area (Å²) in [5.41, 5.74) is 0. The predicted octanol–water partition coefficient (Wildman–Crippen LogP) is 0.638. The van der Waals surface area contributed by atoms with Gasteiger partial charge in [-0.2, -0.15) is 0 Å². The first-order valence-electron chi connectivity index (χ1n) is 0. The van der Waals surface area contributed by atoms with E-state index >= 15 is 0 Å². The molecule has 0 aliphatic heterocycles. The fourth-order valence-corrected chi connectivity index (χ4v) is 0.